The van der Waals surface area contributed by atoms with E-state index in [1.165, 1.54) is 6.42 Å². The quantitative estimate of drug-likeness (QED) is 0.737. The Kier molecular flexibility index (Phi) is 3.28. The molecule has 4 fully saturated rings. The summed E-state index contributed by atoms with van der Waals surface area (Å²) in [6.07, 6.45) is 6.06. The molecule has 0 aromatic heterocycles. The average molecular weight is 308 g/mol. The van der Waals surface area contributed by atoms with Crippen molar-refractivity contribution in [1.29, 1.82) is 0 Å². The summed E-state index contributed by atoms with van der Waals surface area (Å²) in [6, 6.07) is 0. The molecule has 3 heteroatoms. The molecule has 4 aliphatic carbocycles. The molecular weight excluding hydrogens is 279 g/mol. The van der Waals surface area contributed by atoms with Gasteiger partial charge in [0.1, 0.15) is 0 Å². The maximum absolute atomic E-state index is 14.2. The Hall–Kier alpha value is -0.440. The smallest absolute Gasteiger partial charge is 0.167 e. The summed E-state index contributed by atoms with van der Waals surface area (Å²) in [6.45, 7) is 4.55. The fourth-order valence-corrected chi connectivity index (χ4v) is 7.03. The normalized spacial score (nSPS) is 57.9. The van der Waals surface area contributed by atoms with Crippen molar-refractivity contribution in [2.45, 2.75) is 77.5 Å². The van der Waals surface area contributed by atoms with Gasteiger partial charge in [0, 0.05) is 6.42 Å². The summed E-state index contributed by atoms with van der Waals surface area (Å²) in [4.78, 5) is 11.8. The maximum Gasteiger partial charge on any atom is 0.167 e. The number of rotatable bonds is 0. The Balaban J connectivity index is 1.65. The number of Topliss-reactive ketones (excluding diaryl/α,β-unsaturated/α-hetero) is 1. The fraction of sp³-hybridized carbons (Fsp3) is 0.947. The lowest BCUT2D eigenvalue weighted by atomic mass is 9.45. The zero-order chi connectivity index (χ0) is 15.7. The Bertz CT molecular complexity index is 492. The van der Waals surface area contributed by atoms with Crippen LogP contribution in [0.15, 0.2) is 0 Å². The number of carbonyl (C=O) groups excluding carboxylic acids is 1. The number of carbonyl (C=O) groups is 1. The lowest BCUT2D eigenvalue weighted by molar-refractivity contribution is -0.151. The molecule has 0 saturated heterocycles. The molecular formula is C19H29FO2. The molecule has 4 saturated carbocycles. The van der Waals surface area contributed by atoms with Crippen molar-refractivity contribution in [2.75, 3.05) is 0 Å². The fourth-order valence-electron chi connectivity index (χ4n) is 7.03. The van der Waals surface area contributed by atoms with Gasteiger partial charge in [-0.05, 0) is 79.4 Å². The summed E-state index contributed by atoms with van der Waals surface area (Å²) in [5, 5.41) is 10.4. The third-order valence-electron chi connectivity index (χ3n) is 8.43. The van der Waals surface area contributed by atoms with Gasteiger partial charge in [-0.25, -0.2) is 4.39 Å². The number of alkyl halides is 1. The Morgan fingerprint density at radius 1 is 1.05 bits per heavy atom. The molecule has 4 rings (SSSR count). The average Bonchev–Trinajstić information content (AvgIpc) is 2.77. The van der Waals surface area contributed by atoms with Gasteiger partial charge in [-0.1, -0.05) is 13.8 Å². The molecule has 2 nitrogen and oxygen atoms in total. The first-order chi connectivity index (χ1) is 10.4. The highest BCUT2D eigenvalue weighted by molar-refractivity contribution is 5.84. The lowest BCUT2D eigenvalue weighted by Crippen LogP contribution is -2.55. The third kappa shape index (κ3) is 1.84. The van der Waals surface area contributed by atoms with Crippen molar-refractivity contribution >= 4 is 5.78 Å². The van der Waals surface area contributed by atoms with Crippen LogP contribution in [-0.4, -0.2) is 23.2 Å². The van der Waals surface area contributed by atoms with Crippen molar-refractivity contribution in [2.24, 2.45) is 34.5 Å². The van der Waals surface area contributed by atoms with Gasteiger partial charge in [-0.3, -0.25) is 4.79 Å². The second kappa shape index (κ2) is 4.78. The Labute approximate surface area is 132 Å². The van der Waals surface area contributed by atoms with Crippen LogP contribution >= 0.6 is 0 Å². The number of hydrogen-bond donors (Lipinski definition) is 1. The van der Waals surface area contributed by atoms with E-state index in [0.717, 1.165) is 32.1 Å². The molecule has 1 N–H and O–H groups in total. The van der Waals surface area contributed by atoms with Gasteiger partial charge >= 0.3 is 0 Å². The van der Waals surface area contributed by atoms with Crippen LogP contribution in [0.4, 0.5) is 4.39 Å². The highest BCUT2D eigenvalue weighted by Crippen LogP contribution is 2.66. The molecule has 0 aromatic carbocycles. The van der Waals surface area contributed by atoms with E-state index in [1.54, 1.807) is 0 Å². The summed E-state index contributed by atoms with van der Waals surface area (Å²) < 4.78 is 14.2. The topological polar surface area (TPSA) is 37.3 Å². The molecule has 0 aromatic rings. The van der Waals surface area contributed by atoms with E-state index in [9.17, 15) is 14.3 Å². The lowest BCUT2D eigenvalue weighted by Gasteiger charge is -2.60. The third-order valence-corrected chi connectivity index (χ3v) is 8.43. The first-order valence-corrected chi connectivity index (χ1v) is 9.21. The summed E-state index contributed by atoms with van der Waals surface area (Å²) >= 11 is 0. The molecule has 22 heavy (non-hydrogen) atoms. The van der Waals surface area contributed by atoms with E-state index in [2.05, 4.69) is 13.8 Å². The second-order valence-corrected chi connectivity index (χ2v) is 9.14. The van der Waals surface area contributed by atoms with Crippen LogP contribution in [0.5, 0.6) is 0 Å². The molecule has 4 aliphatic rings. The van der Waals surface area contributed by atoms with Crippen molar-refractivity contribution < 1.29 is 14.3 Å². The first-order valence-electron chi connectivity index (χ1n) is 9.21. The monoisotopic (exact) mass is 308 g/mol. The highest BCUT2D eigenvalue weighted by atomic mass is 19.1. The predicted octanol–water partition coefficient (Wildman–Crippen LogP) is 3.91. The Morgan fingerprint density at radius 3 is 2.55 bits per heavy atom. The maximum atomic E-state index is 14.2. The van der Waals surface area contributed by atoms with Gasteiger partial charge < -0.3 is 5.11 Å². The van der Waals surface area contributed by atoms with Crippen LogP contribution in [0, 0.1) is 34.5 Å². The van der Waals surface area contributed by atoms with Gasteiger partial charge in [0.2, 0.25) is 0 Å². The van der Waals surface area contributed by atoms with Crippen LogP contribution in [0.2, 0.25) is 0 Å². The van der Waals surface area contributed by atoms with Crippen LogP contribution < -0.4 is 0 Å². The van der Waals surface area contributed by atoms with Crippen molar-refractivity contribution in [1.82, 2.24) is 0 Å². The van der Waals surface area contributed by atoms with Gasteiger partial charge in [0.15, 0.2) is 12.0 Å². The van der Waals surface area contributed by atoms with Gasteiger partial charge in [0.05, 0.1) is 6.10 Å². The van der Waals surface area contributed by atoms with Crippen molar-refractivity contribution in [3.05, 3.63) is 0 Å². The minimum Gasteiger partial charge on any atom is -0.393 e. The Morgan fingerprint density at radius 2 is 1.77 bits per heavy atom. The molecule has 0 unspecified atom stereocenters. The van der Waals surface area contributed by atoms with Crippen molar-refractivity contribution in [3.8, 4) is 0 Å². The number of halogens is 1. The SMILES string of the molecule is C[C@]12C[C@H](F)C(=O)C[C@@H]1CC[C@@H]1[C@@H]2CC[C@]2(C)[C@@H](O)CC[C@@H]12. The standard InChI is InChI=1S/C19H29FO2/c1-18-8-7-14-12(13(18)5-6-17(18)22)4-3-11-9-16(21)15(20)10-19(11,14)2/h11-15,17,22H,3-10H2,1-2H3/t11-,12-,13-,14-,15-,17-,18-,19-/m0/s1. The number of fused-ring (bicyclic) bond motifs is 5. The molecule has 0 heterocycles. The van der Waals surface area contributed by atoms with E-state index in [4.69, 9.17) is 0 Å². The van der Waals surface area contributed by atoms with Crippen LogP contribution in [0.1, 0.15) is 65.2 Å². The van der Waals surface area contributed by atoms with Crippen molar-refractivity contribution in [3.63, 3.8) is 0 Å². The van der Waals surface area contributed by atoms with Crippen LogP contribution in [-0.2, 0) is 4.79 Å². The molecule has 0 bridgehead atoms. The van der Waals surface area contributed by atoms with Gasteiger partial charge in [-0.15, -0.1) is 0 Å². The second-order valence-electron chi connectivity index (χ2n) is 9.14. The van der Waals surface area contributed by atoms with Gasteiger partial charge in [-0.2, -0.15) is 0 Å². The van der Waals surface area contributed by atoms with Crippen LogP contribution in [0.25, 0.3) is 0 Å². The zero-order valence-corrected chi connectivity index (χ0v) is 13.9. The predicted molar refractivity (Wildman–Crippen MR) is 83.0 cm³/mol. The van der Waals surface area contributed by atoms with E-state index in [-0.39, 0.29) is 22.7 Å². The van der Waals surface area contributed by atoms with E-state index >= 15 is 0 Å². The zero-order valence-electron chi connectivity index (χ0n) is 13.9. The largest absolute Gasteiger partial charge is 0.393 e. The molecule has 0 amide bonds. The molecule has 0 aliphatic heterocycles. The van der Waals surface area contributed by atoms with Crippen LogP contribution in [0.3, 0.4) is 0 Å². The molecule has 0 radical (unpaired) electrons. The number of aliphatic hydroxyl groups is 1. The number of aliphatic hydroxyl groups excluding tert-OH is 1. The van der Waals surface area contributed by atoms with E-state index in [1.807, 2.05) is 0 Å². The highest BCUT2D eigenvalue weighted by Gasteiger charge is 2.61. The first kappa shape index (κ1) is 15.1. The summed E-state index contributed by atoms with van der Waals surface area (Å²) in [5.74, 6) is 2.04. The minimum atomic E-state index is -1.23. The van der Waals surface area contributed by atoms with E-state index in [0.29, 0.717) is 36.5 Å². The minimum absolute atomic E-state index is 0.00508. The summed E-state index contributed by atoms with van der Waals surface area (Å²) in [7, 11) is 0. The molecule has 0 spiro atoms. The van der Waals surface area contributed by atoms with E-state index < -0.39 is 6.17 Å². The molecule has 8 atom stereocenters. The number of ketones is 1. The molecule has 124 valence electrons. The van der Waals surface area contributed by atoms with Gasteiger partial charge in [0.25, 0.3) is 0 Å². The summed E-state index contributed by atoms with van der Waals surface area (Å²) in [5.41, 5.74) is 0.0923. The number of hydrogen-bond acceptors (Lipinski definition) is 2.